The Bertz CT molecular complexity index is 383. The molecule has 3 nitrogen and oxygen atoms in total. The number of benzene rings is 1. The number of hydrogen-bond acceptors (Lipinski definition) is 3. The Morgan fingerprint density at radius 2 is 2.19 bits per heavy atom. The fourth-order valence-corrected chi connectivity index (χ4v) is 2.61. The lowest BCUT2D eigenvalue weighted by Crippen LogP contribution is -2.49. The van der Waals surface area contributed by atoms with Crippen LogP contribution in [-0.4, -0.2) is 23.9 Å². The van der Waals surface area contributed by atoms with Gasteiger partial charge in [-0.05, 0) is 24.5 Å². The molecule has 1 heterocycles. The van der Waals surface area contributed by atoms with E-state index in [9.17, 15) is 4.79 Å². The number of hydrogen-bond donors (Lipinski definition) is 1. The van der Waals surface area contributed by atoms with Gasteiger partial charge in [0.25, 0.3) is 0 Å². The van der Waals surface area contributed by atoms with Crippen LogP contribution in [0.3, 0.4) is 0 Å². The van der Waals surface area contributed by atoms with E-state index in [1.807, 2.05) is 24.3 Å². The highest BCUT2D eigenvalue weighted by Gasteiger charge is 2.31. The maximum absolute atomic E-state index is 11.1. The Balaban J connectivity index is 2.31. The minimum absolute atomic E-state index is 0.116. The Labute approximate surface area is 100 Å². The van der Waals surface area contributed by atoms with E-state index in [1.54, 1.807) is 5.01 Å². The zero-order valence-electron chi connectivity index (χ0n) is 8.97. The molecule has 86 valence electrons. The van der Waals surface area contributed by atoms with Gasteiger partial charge in [-0.15, -0.1) is 0 Å². The fourth-order valence-electron chi connectivity index (χ4n) is 2.33. The van der Waals surface area contributed by atoms with Gasteiger partial charge in [-0.25, -0.2) is 5.01 Å². The number of aldehydes is 1. The highest BCUT2D eigenvalue weighted by atomic mass is 35.5. The summed E-state index contributed by atoms with van der Waals surface area (Å²) in [6.07, 6.45) is 2.88. The lowest BCUT2D eigenvalue weighted by molar-refractivity contribution is -0.114. The molecule has 0 bridgehead atoms. The zero-order chi connectivity index (χ0) is 11.5. The highest BCUT2D eigenvalue weighted by Crippen LogP contribution is 2.34. The molecule has 1 aromatic rings. The third kappa shape index (κ3) is 2.12. The lowest BCUT2D eigenvalue weighted by atomic mass is 9.85. The molecule has 4 heteroatoms. The van der Waals surface area contributed by atoms with Gasteiger partial charge in [0.15, 0.2) is 0 Å². The summed E-state index contributed by atoms with van der Waals surface area (Å²) in [4.78, 5) is 11.1. The average Bonchev–Trinajstić information content (AvgIpc) is 2.29. The van der Waals surface area contributed by atoms with Crippen molar-refractivity contribution >= 4 is 17.9 Å². The van der Waals surface area contributed by atoms with Crippen molar-refractivity contribution in [1.82, 2.24) is 5.01 Å². The zero-order valence-corrected chi connectivity index (χ0v) is 9.73. The second-order valence-corrected chi connectivity index (χ2v) is 4.54. The molecule has 1 aliphatic rings. The molecule has 0 aliphatic carbocycles. The van der Waals surface area contributed by atoms with E-state index in [0.29, 0.717) is 0 Å². The van der Waals surface area contributed by atoms with Crippen molar-refractivity contribution in [3.8, 4) is 0 Å². The van der Waals surface area contributed by atoms with E-state index >= 15 is 0 Å². The van der Waals surface area contributed by atoms with Gasteiger partial charge in [0.05, 0.1) is 6.04 Å². The Morgan fingerprint density at radius 1 is 1.44 bits per heavy atom. The van der Waals surface area contributed by atoms with Crippen LogP contribution in [0.5, 0.6) is 0 Å². The predicted molar refractivity (Wildman–Crippen MR) is 64.2 cm³/mol. The van der Waals surface area contributed by atoms with Crippen LogP contribution in [0.2, 0.25) is 5.02 Å². The summed E-state index contributed by atoms with van der Waals surface area (Å²) >= 11 is 6.15. The maximum atomic E-state index is 11.1. The molecule has 1 aromatic carbocycles. The highest BCUT2D eigenvalue weighted by molar-refractivity contribution is 6.31. The van der Waals surface area contributed by atoms with Gasteiger partial charge in [0, 0.05) is 17.5 Å². The molecule has 1 aliphatic heterocycles. The first-order chi connectivity index (χ1) is 7.74. The van der Waals surface area contributed by atoms with E-state index in [2.05, 4.69) is 0 Å². The van der Waals surface area contributed by atoms with Crippen LogP contribution < -0.4 is 5.84 Å². The third-order valence-corrected chi connectivity index (χ3v) is 3.51. The molecule has 0 aromatic heterocycles. The Hall–Kier alpha value is -0.900. The summed E-state index contributed by atoms with van der Waals surface area (Å²) in [7, 11) is 0. The summed E-state index contributed by atoms with van der Waals surface area (Å²) in [5, 5.41) is 2.33. The topological polar surface area (TPSA) is 46.3 Å². The average molecular weight is 239 g/mol. The van der Waals surface area contributed by atoms with Gasteiger partial charge in [0.2, 0.25) is 0 Å². The van der Waals surface area contributed by atoms with Crippen molar-refractivity contribution in [2.45, 2.75) is 24.8 Å². The van der Waals surface area contributed by atoms with Crippen LogP contribution in [0.25, 0.3) is 0 Å². The lowest BCUT2D eigenvalue weighted by Gasteiger charge is -2.35. The second kappa shape index (κ2) is 4.95. The van der Waals surface area contributed by atoms with Crippen LogP contribution in [0.15, 0.2) is 24.3 Å². The molecule has 2 rings (SSSR count). The monoisotopic (exact) mass is 238 g/mol. The molecule has 0 radical (unpaired) electrons. The van der Waals surface area contributed by atoms with Gasteiger partial charge in [-0.2, -0.15) is 0 Å². The molecule has 0 saturated carbocycles. The van der Waals surface area contributed by atoms with E-state index < -0.39 is 0 Å². The molecule has 0 amide bonds. The quantitative estimate of drug-likeness (QED) is 0.633. The predicted octanol–water partition coefficient (Wildman–Crippen LogP) is 1.96. The molecule has 1 saturated heterocycles. The van der Waals surface area contributed by atoms with E-state index in [1.165, 1.54) is 0 Å². The van der Waals surface area contributed by atoms with Crippen molar-refractivity contribution in [1.29, 1.82) is 0 Å². The van der Waals surface area contributed by atoms with Crippen molar-refractivity contribution < 1.29 is 4.79 Å². The third-order valence-electron chi connectivity index (χ3n) is 3.17. The summed E-state index contributed by atoms with van der Waals surface area (Å²) in [6.45, 7) is 0.768. The molecule has 2 atom stereocenters. The van der Waals surface area contributed by atoms with Crippen molar-refractivity contribution in [2.24, 2.45) is 5.84 Å². The van der Waals surface area contributed by atoms with Crippen LogP contribution in [0.1, 0.15) is 24.3 Å². The Kier molecular flexibility index (Phi) is 3.59. The first-order valence-corrected chi connectivity index (χ1v) is 5.83. The Morgan fingerprint density at radius 3 is 2.88 bits per heavy atom. The van der Waals surface area contributed by atoms with Crippen LogP contribution >= 0.6 is 11.6 Å². The molecule has 16 heavy (non-hydrogen) atoms. The van der Waals surface area contributed by atoms with Crippen LogP contribution in [0, 0.1) is 0 Å². The van der Waals surface area contributed by atoms with E-state index in [-0.39, 0.29) is 12.0 Å². The molecule has 2 N–H and O–H groups in total. The van der Waals surface area contributed by atoms with Crippen LogP contribution in [0.4, 0.5) is 0 Å². The second-order valence-electron chi connectivity index (χ2n) is 4.13. The van der Waals surface area contributed by atoms with Gasteiger partial charge in [-0.1, -0.05) is 29.8 Å². The summed E-state index contributed by atoms with van der Waals surface area (Å²) < 4.78 is 0. The maximum Gasteiger partial charge on any atom is 0.139 e. The molecular formula is C12H15ClN2O. The van der Waals surface area contributed by atoms with Gasteiger partial charge >= 0.3 is 0 Å². The molecular weight excluding hydrogens is 224 g/mol. The largest absolute Gasteiger partial charge is 0.302 e. The van der Waals surface area contributed by atoms with E-state index in [4.69, 9.17) is 17.4 Å². The minimum atomic E-state index is -0.256. The van der Waals surface area contributed by atoms with Gasteiger partial charge < -0.3 is 4.79 Å². The van der Waals surface area contributed by atoms with E-state index in [0.717, 1.165) is 36.3 Å². The van der Waals surface area contributed by atoms with Gasteiger partial charge in [0.1, 0.15) is 6.29 Å². The van der Waals surface area contributed by atoms with Crippen molar-refractivity contribution in [2.75, 3.05) is 6.54 Å². The first-order valence-electron chi connectivity index (χ1n) is 5.45. The number of piperidine rings is 1. The smallest absolute Gasteiger partial charge is 0.139 e. The standard InChI is InChI=1S/C12H15ClN2O/c13-11-6-2-1-4-9(11)10-5-3-7-15(14)12(10)8-16/h1-2,4,6,8,10,12H,3,5,7,14H2. The number of halogens is 1. The normalized spacial score (nSPS) is 26.6. The number of rotatable bonds is 2. The number of carbonyl (C=O) groups is 1. The molecule has 1 fully saturated rings. The summed E-state index contributed by atoms with van der Waals surface area (Å²) in [5.74, 6) is 5.94. The fraction of sp³-hybridized carbons (Fsp3) is 0.417. The molecule has 2 unspecified atom stereocenters. The number of carbonyl (C=O) groups excluding carboxylic acids is 1. The summed E-state index contributed by atoms with van der Waals surface area (Å²) in [5.41, 5.74) is 1.02. The SMILES string of the molecule is NN1CCCC(c2ccccc2Cl)C1C=O. The minimum Gasteiger partial charge on any atom is -0.302 e. The number of nitrogens with zero attached hydrogens (tertiary/aromatic N) is 1. The summed E-state index contributed by atoms with van der Waals surface area (Å²) in [6, 6.07) is 7.41. The first kappa shape index (κ1) is 11.6. The number of hydrazine groups is 1. The van der Waals surface area contributed by atoms with Gasteiger partial charge in [-0.3, -0.25) is 5.84 Å². The van der Waals surface area contributed by atoms with Crippen molar-refractivity contribution in [3.05, 3.63) is 34.9 Å². The van der Waals surface area contributed by atoms with Crippen LogP contribution in [-0.2, 0) is 4.79 Å². The van der Waals surface area contributed by atoms with Crippen molar-refractivity contribution in [3.63, 3.8) is 0 Å². The molecule has 0 spiro atoms. The number of nitrogens with two attached hydrogens (primary N) is 1.